The minimum atomic E-state index is -1.12. The Hall–Kier alpha value is -6.19. The topological polar surface area (TPSA) is 183 Å². The van der Waals surface area contributed by atoms with Gasteiger partial charge in [0.1, 0.15) is 18.4 Å². The van der Waals surface area contributed by atoms with Crippen LogP contribution in [0.3, 0.4) is 0 Å². The minimum Gasteiger partial charge on any atom is -0.488 e. The first-order chi connectivity index (χ1) is 30.0. The molecule has 14 nitrogen and oxygen atoms in total. The highest BCUT2D eigenvalue weighted by Gasteiger charge is 2.45. The van der Waals surface area contributed by atoms with Gasteiger partial charge in [-0.25, -0.2) is 0 Å². The number of hydrogen-bond donors (Lipinski definition) is 4. The molecule has 4 N–H and O–H groups in total. The SMILES string of the molecule is Cc1c(COc2ccc(CN3CCCCC3C(=O)NCCNC(=O)CCCC(=O)Nc3cccc4c3C(=O)N(C3CCC(=O)NC3=O)C4=O)cc2Br)cccc1-c1ccccc1. The standard InChI is InChI=1S/C47H49BrN6O8/c1-29-32(12-7-13-33(29)31-10-3-2-4-11-31)28-62-39-21-19-30(26-35(39)48)27-53-25-6-5-16-37(53)44(58)50-24-23-49-40(55)17-9-18-41(56)51-36-15-8-14-34-43(36)47(61)54(46(34)60)38-20-22-42(57)52-45(38)59/h2-4,7-8,10-15,19,21,26,37-38H,5-6,9,16-18,20,22-25,27-28H2,1H3,(H,49,55)(H,50,58)(H,51,56)(H,52,57,59). The Kier molecular flexibility index (Phi) is 14.2. The van der Waals surface area contributed by atoms with Gasteiger partial charge in [-0.3, -0.25) is 48.7 Å². The fourth-order valence-corrected chi connectivity index (χ4v) is 8.77. The Morgan fingerprint density at radius 2 is 1.58 bits per heavy atom. The summed E-state index contributed by atoms with van der Waals surface area (Å²) in [6.07, 6.45) is 2.94. The maximum Gasteiger partial charge on any atom is 0.264 e. The fourth-order valence-electron chi connectivity index (χ4n) is 8.23. The molecular weight excluding hydrogens is 856 g/mol. The molecule has 4 aromatic carbocycles. The van der Waals surface area contributed by atoms with Gasteiger partial charge in [-0.1, -0.05) is 67.1 Å². The summed E-state index contributed by atoms with van der Waals surface area (Å²) >= 11 is 3.70. The highest BCUT2D eigenvalue weighted by molar-refractivity contribution is 9.10. The molecule has 7 rings (SSSR count). The normalized spacial score (nSPS) is 17.6. The van der Waals surface area contributed by atoms with Crippen LogP contribution in [0.5, 0.6) is 5.75 Å². The number of carbonyl (C=O) groups excluding carboxylic acids is 7. The van der Waals surface area contributed by atoms with E-state index in [0.717, 1.165) is 52.1 Å². The summed E-state index contributed by atoms with van der Waals surface area (Å²) in [6.45, 7) is 4.41. The molecule has 3 aliphatic heterocycles. The summed E-state index contributed by atoms with van der Waals surface area (Å²) in [7, 11) is 0. The zero-order valence-corrected chi connectivity index (χ0v) is 36.1. The van der Waals surface area contributed by atoms with E-state index in [2.05, 4.69) is 79.4 Å². The van der Waals surface area contributed by atoms with Gasteiger partial charge < -0.3 is 20.7 Å². The Balaban J connectivity index is 0.822. The zero-order valence-electron chi connectivity index (χ0n) is 34.5. The van der Waals surface area contributed by atoms with Crippen LogP contribution in [0.1, 0.15) is 88.8 Å². The number of halogens is 1. The largest absolute Gasteiger partial charge is 0.488 e. The van der Waals surface area contributed by atoms with E-state index in [1.807, 2.05) is 36.4 Å². The highest BCUT2D eigenvalue weighted by atomic mass is 79.9. The van der Waals surface area contributed by atoms with Crippen LogP contribution in [0, 0.1) is 6.92 Å². The average Bonchev–Trinajstić information content (AvgIpc) is 3.52. The second-order valence-corrected chi connectivity index (χ2v) is 16.6. The summed E-state index contributed by atoms with van der Waals surface area (Å²) in [5, 5.41) is 10.6. The molecule has 0 saturated carbocycles. The number of piperidine rings is 2. The summed E-state index contributed by atoms with van der Waals surface area (Å²) < 4.78 is 7.10. The number of nitrogens with zero attached hydrogens (tertiary/aromatic N) is 2. The third-order valence-corrected chi connectivity index (χ3v) is 12.1. The molecule has 7 amide bonds. The van der Waals surface area contributed by atoms with Gasteiger partial charge in [0.25, 0.3) is 11.8 Å². The maximum atomic E-state index is 13.3. The highest BCUT2D eigenvalue weighted by Crippen LogP contribution is 2.33. The van der Waals surface area contributed by atoms with Gasteiger partial charge in [-0.15, -0.1) is 0 Å². The second kappa shape index (κ2) is 20.1. The molecule has 4 aromatic rings. The van der Waals surface area contributed by atoms with Crippen molar-refractivity contribution < 1.29 is 38.3 Å². The lowest BCUT2D eigenvalue weighted by atomic mass is 9.97. The maximum absolute atomic E-state index is 13.3. The van der Waals surface area contributed by atoms with Crippen LogP contribution in [0.15, 0.2) is 89.4 Å². The number of imide groups is 2. The fraction of sp³-hybridized carbons (Fsp3) is 0.340. The zero-order chi connectivity index (χ0) is 43.8. The Bertz CT molecular complexity index is 2390. The van der Waals surface area contributed by atoms with Crippen LogP contribution in [-0.4, -0.2) is 82.9 Å². The van der Waals surface area contributed by atoms with E-state index in [9.17, 15) is 33.6 Å². The van der Waals surface area contributed by atoms with Crippen LogP contribution in [0.4, 0.5) is 5.69 Å². The van der Waals surface area contributed by atoms with E-state index >= 15 is 0 Å². The van der Waals surface area contributed by atoms with Crippen molar-refractivity contribution in [2.75, 3.05) is 25.0 Å². The first kappa shape index (κ1) is 43.9. The Labute approximate surface area is 368 Å². The summed E-state index contributed by atoms with van der Waals surface area (Å²) in [5.74, 6) is -2.67. The van der Waals surface area contributed by atoms with E-state index in [1.54, 1.807) is 0 Å². The van der Waals surface area contributed by atoms with E-state index in [1.165, 1.54) is 34.9 Å². The van der Waals surface area contributed by atoms with Crippen LogP contribution < -0.4 is 26.0 Å². The van der Waals surface area contributed by atoms with E-state index < -0.39 is 35.6 Å². The van der Waals surface area contributed by atoms with Gasteiger partial charge in [0.05, 0.1) is 27.3 Å². The van der Waals surface area contributed by atoms with Crippen molar-refractivity contribution >= 4 is 63.0 Å². The lowest BCUT2D eigenvalue weighted by Gasteiger charge is -2.34. The first-order valence-corrected chi connectivity index (χ1v) is 21.8. The number of fused-ring (bicyclic) bond motifs is 1. The summed E-state index contributed by atoms with van der Waals surface area (Å²) in [5.41, 5.74) is 5.86. The third kappa shape index (κ3) is 10.3. The number of carbonyl (C=O) groups is 7. The van der Waals surface area contributed by atoms with Crippen LogP contribution in [-0.2, 0) is 37.1 Å². The molecule has 0 bridgehead atoms. The van der Waals surface area contributed by atoms with Crippen LogP contribution in [0.25, 0.3) is 11.1 Å². The number of ether oxygens (including phenoxy) is 1. The quantitative estimate of drug-likeness (QED) is 0.0798. The summed E-state index contributed by atoms with van der Waals surface area (Å²) in [6, 6.07) is 25.6. The van der Waals surface area contributed by atoms with Gasteiger partial charge in [-0.2, -0.15) is 0 Å². The van der Waals surface area contributed by atoms with E-state index in [4.69, 9.17) is 4.74 Å². The van der Waals surface area contributed by atoms with Gasteiger partial charge in [-0.05, 0) is 107 Å². The minimum absolute atomic E-state index is 0.00519. The van der Waals surface area contributed by atoms with Crippen molar-refractivity contribution in [2.45, 2.75) is 83.5 Å². The Morgan fingerprint density at radius 1 is 0.823 bits per heavy atom. The van der Waals surface area contributed by atoms with Crippen LogP contribution >= 0.6 is 15.9 Å². The van der Waals surface area contributed by atoms with Gasteiger partial charge in [0, 0.05) is 38.9 Å². The molecule has 2 fully saturated rings. The predicted molar refractivity (Wildman–Crippen MR) is 235 cm³/mol. The average molecular weight is 906 g/mol. The molecule has 15 heteroatoms. The van der Waals surface area contributed by atoms with Gasteiger partial charge in [0.2, 0.25) is 29.5 Å². The van der Waals surface area contributed by atoms with E-state index in [-0.39, 0.29) is 79.9 Å². The smallest absolute Gasteiger partial charge is 0.264 e. The summed E-state index contributed by atoms with van der Waals surface area (Å²) in [4.78, 5) is 92.2. The molecule has 2 saturated heterocycles. The molecule has 62 heavy (non-hydrogen) atoms. The first-order valence-electron chi connectivity index (χ1n) is 21.0. The van der Waals surface area contributed by atoms with Crippen molar-refractivity contribution in [3.05, 3.63) is 117 Å². The molecule has 0 radical (unpaired) electrons. The van der Waals surface area contributed by atoms with Gasteiger partial charge in [0.15, 0.2) is 0 Å². The third-order valence-electron chi connectivity index (χ3n) is 11.5. The number of benzene rings is 4. The van der Waals surface area contributed by atoms with Gasteiger partial charge >= 0.3 is 0 Å². The number of likely N-dealkylation sites (tertiary alicyclic amines) is 1. The monoisotopic (exact) mass is 904 g/mol. The number of anilines is 1. The predicted octanol–water partition coefficient (Wildman–Crippen LogP) is 5.80. The lowest BCUT2D eigenvalue weighted by Crippen LogP contribution is -2.54. The second-order valence-electron chi connectivity index (χ2n) is 15.7. The van der Waals surface area contributed by atoms with E-state index in [0.29, 0.717) is 13.2 Å². The molecule has 2 atom stereocenters. The molecule has 2 unspecified atom stereocenters. The molecule has 322 valence electrons. The molecule has 0 aromatic heterocycles. The van der Waals surface area contributed by atoms with Crippen molar-refractivity contribution in [1.29, 1.82) is 0 Å². The van der Waals surface area contributed by atoms with Crippen molar-refractivity contribution in [3.8, 4) is 16.9 Å². The number of amides is 7. The number of nitrogens with one attached hydrogen (secondary N) is 4. The molecular formula is C47H49BrN6O8. The van der Waals surface area contributed by atoms with Crippen LogP contribution in [0.2, 0.25) is 0 Å². The molecule has 3 aliphatic rings. The molecule has 0 aliphatic carbocycles. The molecule has 0 spiro atoms. The van der Waals surface area contributed by atoms with Crippen molar-refractivity contribution in [3.63, 3.8) is 0 Å². The lowest BCUT2D eigenvalue weighted by molar-refractivity contribution is -0.136. The molecule has 3 heterocycles. The Morgan fingerprint density at radius 3 is 2.37 bits per heavy atom. The van der Waals surface area contributed by atoms with Crippen molar-refractivity contribution in [1.82, 2.24) is 25.8 Å². The van der Waals surface area contributed by atoms with Crippen molar-refractivity contribution in [2.24, 2.45) is 0 Å². The number of hydrogen-bond acceptors (Lipinski definition) is 9. The number of rotatable bonds is 16.